The number of likely N-dealkylation sites (N-methyl/N-ethyl adjacent to an activating group) is 1. The van der Waals surface area contributed by atoms with Crippen LogP contribution < -0.4 is 10.7 Å². The molecule has 0 spiro atoms. The van der Waals surface area contributed by atoms with Crippen LogP contribution in [0.4, 0.5) is 4.79 Å². The van der Waals surface area contributed by atoms with E-state index in [1.165, 1.54) is 19.0 Å². The molecule has 3 fully saturated rings. The number of ketones is 1. The molecule has 322 valence electrons. The van der Waals surface area contributed by atoms with Crippen LogP contribution in [0.3, 0.4) is 0 Å². The van der Waals surface area contributed by atoms with Crippen molar-refractivity contribution in [2.24, 2.45) is 17.8 Å². The van der Waals surface area contributed by atoms with E-state index in [-0.39, 0.29) is 30.9 Å². The molecule has 0 saturated carbocycles. The van der Waals surface area contributed by atoms with Crippen LogP contribution >= 0.6 is 0 Å². The van der Waals surface area contributed by atoms with Crippen molar-refractivity contribution < 1.29 is 48.0 Å². The summed E-state index contributed by atoms with van der Waals surface area (Å²) in [4.78, 5) is 62.7. The van der Waals surface area contributed by atoms with E-state index in [2.05, 4.69) is 15.7 Å². The number of methoxy groups -OCH3 is 1. The number of esters is 1. The van der Waals surface area contributed by atoms with Crippen molar-refractivity contribution >= 4 is 34.7 Å². The van der Waals surface area contributed by atoms with Crippen LogP contribution in [0.1, 0.15) is 86.6 Å². The number of aryl methyl sites for hydroxylation is 1. The fourth-order valence-electron chi connectivity index (χ4n) is 9.22. The van der Waals surface area contributed by atoms with E-state index in [1.807, 2.05) is 63.2 Å². The lowest BCUT2D eigenvalue weighted by Gasteiger charge is -2.46. The smallest absolute Gasteiger partial charge is 0.425 e. The summed E-state index contributed by atoms with van der Waals surface area (Å²) >= 11 is 0. The number of nitrogens with zero attached hydrogens (tertiary/aromatic N) is 3. The summed E-state index contributed by atoms with van der Waals surface area (Å²) in [6.45, 7) is 14.2. The maximum atomic E-state index is 14.4. The molecule has 1 aromatic heterocycles. The van der Waals surface area contributed by atoms with E-state index in [0.717, 1.165) is 16.5 Å². The number of amides is 2. The molecular formula is C43H65N5O10. The van der Waals surface area contributed by atoms with Gasteiger partial charge in [-0.05, 0) is 98.5 Å². The molecule has 15 nitrogen and oxygen atoms in total. The molecule has 0 bridgehead atoms. The molecule has 2 aromatic rings. The third kappa shape index (κ3) is 9.34. The summed E-state index contributed by atoms with van der Waals surface area (Å²) in [7, 11) is 5.22. The van der Waals surface area contributed by atoms with Gasteiger partial charge in [0.1, 0.15) is 24.2 Å². The predicted octanol–water partition coefficient (Wildman–Crippen LogP) is 4.18. The Labute approximate surface area is 342 Å². The van der Waals surface area contributed by atoms with Crippen molar-refractivity contribution in [1.82, 2.24) is 25.6 Å². The van der Waals surface area contributed by atoms with E-state index >= 15 is 0 Å². The second-order valence-electron chi connectivity index (χ2n) is 17.2. The summed E-state index contributed by atoms with van der Waals surface area (Å²) in [5.74, 6) is -4.51. The van der Waals surface area contributed by atoms with Gasteiger partial charge in [0.2, 0.25) is 5.91 Å². The quantitative estimate of drug-likeness (QED) is 0.177. The van der Waals surface area contributed by atoms with Crippen molar-refractivity contribution in [3.8, 4) is 0 Å². The first kappa shape index (κ1) is 45.4. The van der Waals surface area contributed by atoms with Crippen molar-refractivity contribution in [2.75, 3.05) is 27.7 Å². The van der Waals surface area contributed by atoms with Crippen molar-refractivity contribution in [1.29, 1.82) is 0 Å². The maximum absolute atomic E-state index is 14.4. The number of fused-ring (bicyclic) bond motifs is 2. The van der Waals surface area contributed by atoms with Gasteiger partial charge in [-0.1, -0.05) is 39.0 Å². The number of carbonyl (C=O) groups is 4. The van der Waals surface area contributed by atoms with E-state index < -0.39 is 83.5 Å². The first-order valence-corrected chi connectivity index (χ1v) is 20.7. The highest BCUT2D eigenvalue weighted by Gasteiger charge is 2.59. The van der Waals surface area contributed by atoms with Gasteiger partial charge in [-0.3, -0.25) is 19.4 Å². The molecule has 15 heteroatoms. The Balaban J connectivity index is 1.44. The lowest BCUT2D eigenvalue weighted by Crippen LogP contribution is -2.63. The number of cyclic esters (lactones) is 1. The van der Waals surface area contributed by atoms with Crippen molar-refractivity contribution in [3.63, 3.8) is 0 Å². The van der Waals surface area contributed by atoms with Gasteiger partial charge in [-0.2, -0.15) is 0 Å². The van der Waals surface area contributed by atoms with Gasteiger partial charge < -0.3 is 39.0 Å². The molecule has 1 aromatic carbocycles. The molecule has 2 amide bonds. The number of ether oxygens (including phenoxy) is 5. The molecule has 13 atom stereocenters. The van der Waals surface area contributed by atoms with Crippen LogP contribution in [0, 0.1) is 17.8 Å². The largest absolute Gasteiger partial charge is 0.457 e. The summed E-state index contributed by atoms with van der Waals surface area (Å²) in [5.41, 5.74) is 2.59. The number of benzene rings is 1. The zero-order chi connectivity index (χ0) is 42.7. The third-order valence-electron chi connectivity index (χ3n) is 12.6. The Morgan fingerprint density at radius 1 is 1.07 bits per heavy atom. The Hall–Kier alpha value is -3.73. The summed E-state index contributed by atoms with van der Waals surface area (Å²) < 4.78 is 31.1. The first-order chi connectivity index (χ1) is 27.4. The maximum Gasteiger partial charge on any atom is 0.425 e. The fraction of sp³-hybridized carbons (Fsp3) is 0.698. The minimum absolute atomic E-state index is 0.0965. The zero-order valence-corrected chi connectivity index (χ0v) is 36.0. The number of pyridine rings is 1. The monoisotopic (exact) mass is 811 g/mol. The van der Waals surface area contributed by atoms with Crippen LogP contribution in [0.15, 0.2) is 36.5 Å². The number of para-hydroxylation sites is 1. The number of hydrogen-bond acceptors (Lipinski definition) is 13. The van der Waals surface area contributed by atoms with Gasteiger partial charge in [0.15, 0.2) is 17.7 Å². The Bertz CT molecular complexity index is 1770. The lowest BCUT2D eigenvalue weighted by atomic mass is 9.78. The molecule has 0 aliphatic carbocycles. The predicted molar refractivity (Wildman–Crippen MR) is 216 cm³/mol. The molecule has 4 heterocycles. The number of aliphatic hydroxyl groups is 1. The van der Waals surface area contributed by atoms with Gasteiger partial charge in [0.25, 0.3) is 0 Å². The van der Waals surface area contributed by atoms with E-state index in [0.29, 0.717) is 25.8 Å². The van der Waals surface area contributed by atoms with E-state index in [4.69, 9.17) is 23.7 Å². The average molecular weight is 812 g/mol. The molecule has 3 saturated heterocycles. The fourth-order valence-corrected chi connectivity index (χ4v) is 9.22. The lowest BCUT2D eigenvalue weighted by molar-refractivity contribution is -0.295. The van der Waals surface area contributed by atoms with E-state index in [9.17, 15) is 24.3 Å². The first-order valence-electron chi connectivity index (χ1n) is 20.7. The summed E-state index contributed by atoms with van der Waals surface area (Å²) in [6, 6.07) is 8.12. The van der Waals surface area contributed by atoms with Crippen LogP contribution in [0.5, 0.6) is 0 Å². The highest BCUT2D eigenvalue weighted by molar-refractivity contribution is 6.00. The van der Waals surface area contributed by atoms with Gasteiger partial charge in [-0.15, -0.1) is 0 Å². The van der Waals surface area contributed by atoms with Crippen molar-refractivity contribution in [3.05, 3.63) is 42.1 Å². The molecule has 3 N–H and O–H groups in total. The second-order valence-corrected chi connectivity index (χ2v) is 17.2. The highest BCUT2D eigenvalue weighted by atomic mass is 16.7. The van der Waals surface area contributed by atoms with Crippen LogP contribution in [-0.2, 0) is 44.5 Å². The molecule has 1 unspecified atom stereocenters. The molecule has 3 aliphatic heterocycles. The second kappa shape index (κ2) is 18.7. The minimum Gasteiger partial charge on any atom is -0.457 e. The Morgan fingerprint density at radius 3 is 2.45 bits per heavy atom. The number of nitrogens with one attached hydrogen (secondary N) is 2. The van der Waals surface area contributed by atoms with Crippen LogP contribution in [0.25, 0.3) is 10.9 Å². The number of aromatic nitrogens is 1. The molecule has 58 heavy (non-hydrogen) atoms. The molecule has 5 rings (SSSR count). The standard InChI is InChI=1S/C43H65N5O10/c1-12-33-43(8)36(48(41(53)58-43)45-20-15-16-29-19-21-44-31-18-14-13-17-30(29)31)28(6)46-38(51)24(2)23-42(7,54-11)37(26(4)34(49)27(5)39(52)56-33)57-40-35(50)32(47(9)10)22-25(3)55-40/h13-14,17-19,21,24-28,32-33,35-37,40,45,50H,12,15-16,20,22-23H2,1-11H3,(H,46,51)/t24-,25-,26+,27-,28?,32+,33-,35-,36-,37-,40+,42+,43-/m1/s1. The Morgan fingerprint density at radius 2 is 1.78 bits per heavy atom. The molecule has 0 radical (unpaired) electrons. The summed E-state index contributed by atoms with van der Waals surface area (Å²) in [6.07, 6.45) is -1.08. The number of rotatable bonds is 10. The van der Waals surface area contributed by atoms with Crippen LogP contribution in [0.2, 0.25) is 0 Å². The number of hydrogen-bond donors (Lipinski definition) is 3. The van der Waals surface area contributed by atoms with Gasteiger partial charge in [0.05, 0.1) is 29.4 Å². The summed E-state index contributed by atoms with van der Waals surface area (Å²) in [5, 5.41) is 17.0. The van der Waals surface area contributed by atoms with Gasteiger partial charge in [0, 0.05) is 43.1 Å². The van der Waals surface area contributed by atoms with Gasteiger partial charge in [-0.25, -0.2) is 15.2 Å². The highest BCUT2D eigenvalue weighted by Crippen LogP contribution is 2.39. The number of aliphatic hydroxyl groups excluding tert-OH is 1. The Kier molecular flexibility index (Phi) is 14.6. The molecule has 3 aliphatic rings. The number of Topliss-reactive ketones (excluding diaryl/α,β-unsaturated/α-hetero) is 1. The van der Waals surface area contributed by atoms with Crippen LogP contribution in [-0.4, -0.2) is 132 Å². The molecular weight excluding hydrogens is 746 g/mol. The third-order valence-corrected chi connectivity index (χ3v) is 12.6. The SMILES string of the molecule is CC[C@H]1OC(=O)[C@H](C)C(=O)[C@H](C)[C@@H](O[C@@H]2O[C@H](C)C[C@H](N(C)C)[C@H]2O)[C@@](C)(OC)C[C@@H](C)C(=O)NC(C)[C@H]2N(NCCCc3ccnc4ccccc34)C(=O)O[C@]12C. The normalized spacial score (nSPS) is 36.8. The van der Waals surface area contributed by atoms with E-state index in [1.54, 1.807) is 40.8 Å². The topological polar surface area (TPSA) is 178 Å². The number of carbonyl (C=O) groups excluding carboxylic acids is 4. The van der Waals surface area contributed by atoms with Crippen molar-refractivity contribution in [2.45, 2.75) is 148 Å². The average Bonchev–Trinajstić information content (AvgIpc) is 3.45. The van der Waals surface area contributed by atoms with Gasteiger partial charge >= 0.3 is 12.1 Å². The minimum atomic E-state index is -1.43. The number of hydrazine groups is 1. The zero-order valence-electron chi connectivity index (χ0n) is 36.0.